The Balaban J connectivity index is 0.755. The summed E-state index contributed by atoms with van der Waals surface area (Å²) < 4.78 is 26.6. The molecule has 2 unspecified atom stereocenters. The topological polar surface area (TPSA) is 375 Å². The molecule has 522 valence electrons. The molecule has 98 heavy (non-hydrogen) atoms. The van der Waals surface area contributed by atoms with Crippen molar-refractivity contribution < 1.29 is 88.3 Å². The second-order valence-electron chi connectivity index (χ2n) is 27.2. The second kappa shape index (κ2) is 30.2. The summed E-state index contributed by atoms with van der Waals surface area (Å²) in [5.74, 6) is -5.24. The van der Waals surface area contributed by atoms with Crippen LogP contribution in [0.15, 0.2) is 91.1 Å². The van der Waals surface area contributed by atoms with E-state index in [9.17, 15) is 69.3 Å². The zero-order valence-corrected chi connectivity index (χ0v) is 55.7. The highest BCUT2D eigenvalue weighted by atomic mass is 32.1. The van der Waals surface area contributed by atoms with Crippen LogP contribution in [0.2, 0.25) is 0 Å². The smallest absolute Gasteiger partial charge is 0.410 e. The molecule has 7 atom stereocenters. The number of anilines is 2. The monoisotopic (exact) mass is 1370 g/mol. The first-order chi connectivity index (χ1) is 46.9. The van der Waals surface area contributed by atoms with Gasteiger partial charge in [-0.1, -0.05) is 68.0 Å². The SMILES string of the molecule is Cc1c(-c2ccc(N3CCc4cccc(C(=O)Nc5nc6ccccc6s5)c4C3)nc2C(=O)O)cnn1CC1(CCOCCN(CC(CO)CO)C(=O)OCc2ccc(CCCNC(=O)CN3C(=O)C=CC3=O)cc2O[C@@H]2O[C@H](C(=O)O)[C@@H](O)[C@H](O)[C@H]2O)CC2(C)CCCC(C)(C2)C1. The van der Waals surface area contributed by atoms with Crippen molar-refractivity contribution in [2.24, 2.45) is 22.2 Å². The van der Waals surface area contributed by atoms with E-state index in [-0.39, 0.29) is 72.0 Å². The van der Waals surface area contributed by atoms with Crippen molar-refractivity contribution >= 4 is 74.2 Å². The summed E-state index contributed by atoms with van der Waals surface area (Å²) in [5, 5.41) is 83.9. The maximum atomic E-state index is 14.2. The Kier molecular flexibility index (Phi) is 21.7. The van der Waals surface area contributed by atoms with Gasteiger partial charge in [-0.05, 0) is 134 Å². The number of aryl methyl sites for hydroxylation is 1. The molecule has 2 bridgehead atoms. The summed E-state index contributed by atoms with van der Waals surface area (Å²) in [6.45, 7) is 6.51. The summed E-state index contributed by atoms with van der Waals surface area (Å²) in [4.78, 5) is 103. The molecule has 2 aliphatic carbocycles. The lowest BCUT2D eigenvalue weighted by atomic mass is 9.48. The number of carbonyl (C=O) groups excluding carboxylic acids is 5. The zero-order valence-electron chi connectivity index (χ0n) is 54.8. The minimum absolute atomic E-state index is 0.0214. The average Bonchev–Trinajstić information content (AvgIpc) is 0.878. The van der Waals surface area contributed by atoms with Gasteiger partial charge in [-0.25, -0.2) is 24.4 Å². The number of aliphatic carboxylic acids is 1. The average molecular weight is 1370 g/mol. The first kappa shape index (κ1) is 70.6. The molecule has 2 saturated carbocycles. The van der Waals surface area contributed by atoms with Gasteiger partial charge in [0.05, 0.1) is 23.0 Å². The van der Waals surface area contributed by atoms with Crippen LogP contribution in [-0.2, 0) is 65.9 Å². The molecule has 6 aromatic rings. The minimum atomic E-state index is -2.00. The molecule has 5 amide bonds. The number of imide groups is 1. The number of aromatic nitrogens is 4. The van der Waals surface area contributed by atoms with Crippen molar-refractivity contribution in [3.63, 3.8) is 0 Å². The van der Waals surface area contributed by atoms with E-state index < -0.39 is 98.7 Å². The molecule has 28 heteroatoms. The van der Waals surface area contributed by atoms with Crippen molar-refractivity contribution in [3.05, 3.63) is 130 Å². The van der Waals surface area contributed by atoms with Gasteiger partial charge in [0, 0.05) is 105 Å². The van der Waals surface area contributed by atoms with E-state index >= 15 is 0 Å². The lowest BCUT2D eigenvalue weighted by Gasteiger charge is -2.57. The number of benzene rings is 3. The van der Waals surface area contributed by atoms with Crippen LogP contribution in [0.4, 0.5) is 15.7 Å². The Morgan fingerprint density at radius 1 is 0.867 bits per heavy atom. The number of aromatic carboxylic acids is 1. The number of carboxylic acid groups (broad SMARTS) is 2. The van der Waals surface area contributed by atoms with Crippen LogP contribution in [0, 0.1) is 29.1 Å². The van der Waals surface area contributed by atoms with E-state index in [1.165, 1.54) is 22.3 Å². The Labute approximate surface area is 569 Å². The van der Waals surface area contributed by atoms with Gasteiger partial charge >= 0.3 is 18.0 Å². The molecule has 5 aliphatic rings. The number of carboxylic acids is 2. The van der Waals surface area contributed by atoms with Crippen LogP contribution in [-0.4, -0.2) is 197 Å². The van der Waals surface area contributed by atoms with Crippen molar-refractivity contribution in [1.29, 1.82) is 0 Å². The third-order valence-corrected chi connectivity index (χ3v) is 20.5. The fourth-order valence-corrected chi connectivity index (χ4v) is 15.9. The Hall–Kier alpha value is -8.74. The Bertz CT molecular complexity index is 3940. The Morgan fingerprint density at radius 2 is 1.62 bits per heavy atom. The largest absolute Gasteiger partial charge is 0.479 e. The van der Waals surface area contributed by atoms with E-state index in [0.717, 1.165) is 82.6 Å². The third kappa shape index (κ3) is 16.0. The molecule has 3 aromatic heterocycles. The van der Waals surface area contributed by atoms with Crippen molar-refractivity contribution in [3.8, 4) is 16.9 Å². The fraction of sp³-hybridized carbons (Fsp3) is 0.486. The number of nitrogens with one attached hydrogen (secondary N) is 2. The van der Waals surface area contributed by atoms with Crippen LogP contribution < -0.4 is 20.3 Å². The van der Waals surface area contributed by atoms with Crippen LogP contribution in [0.5, 0.6) is 5.75 Å². The maximum absolute atomic E-state index is 14.2. The van der Waals surface area contributed by atoms with E-state index in [4.69, 9.17) is 29.0 Å². The second-order valence-corrected chi connectivity index (χ2v) is 28.2. The van der Waals surface area contributed by atoms with Gasteiger partial charge in [-0.2, -0.15) is 5.10 Å². The summed E-state index contributed by atoms with van der Waals surface area (Å²) >= 11 is 1.40. The number of hydrogen-bond donors (Lipinski definition) is 9. The van der Waals surface area contributed by atoms with Gasteiger partial charge in [0.15, 0.2) is 16.9 Å². The molecule has 0 spiro atoms. The van der Waals surface area contributed by atoms with Crippen LogP contribution in [0.25, 0.3) is 21.3 Å². The fourth-order valence-electron chi connectivity index (χ4n) is 15.1. The normalized spacial score (nSPS) is 23.6. The third-order valence-electron chi connectivity index (χ3n) is 19.6. The number of rotatable bonds is 28. The number of fused-ring (bicyclic) bond motifs is 4. The van der Waals surface area contributed by atoms with Gasteiger partial charge in [0.25, 0.3) is 17.7 Å². The van der Waals surface area contributed by atoms with E-state index in [1.54, 1.807) is 30.5 Å². The van der Waals surface area contributed by atoms with E-state index in [1.807, 2.05) is 59.0 Å². The first-order valence-corrected chi connectivity index (χ1v) is 33.8. The number of nitrogens with zero attached hydrogens (tertiary/aromatic N) is 7. The van der Waals surface area contributed by atoms with E-state index in [0.29, 0.717) is 78.5 Å². The van der Waals surface area contributed by atoms with Crippen LogP contribution >= 0.6 is 11.3 Å². The quantitative estimate of drug-likeness (QED) is 0.0212. The molecule has 1 saturated heterocycles. The highest BCUT2D eigenvalue weighted by Crippen LogP contribution is 2.62. The van der Waals surface area contributed by atoms with Gasteiger partial charge in [-0.3, -0.25) is 34.1 Å². The lowest BCUT2D eigenvalue weighted by molar-refractivity contribution is -0.271. The van der Waals surface area contributed by atoms with Gasteiger partial charge in [0.2, 0.25) is 12.2 Å². The molecular weight excluding hydrogens is 1290 g/mol. The minimum Gasteiger partial charge on any atom is -0.479 e. The number of aliphatic hydroxyl groups excluding tert-OH is 5. The van der Waals surface area contributed by atoms with Crippen molar-refractivity contribution in [1.82, 2.24) is 34.9 Å². The molecule has 3 aromatic carbocycles. The molecule has 6 heterocycles. The van der Waals surface area contributed by atoms with Gasteiger partial charge in [-0.15, -0.1) is 0 Å². The highest BCUT2D eigenvalue weighted by molar-refractivity contribution is 7.22. The predicted molar refractivity (Wildman–Crippen MR) is 356 cm³/mol. The van der Waals surface area contributed by atoms with E-state index in [2.05, 4.69) is 29.5 Å². The van der Waals surface area contributed by atoms with Gasteiger partial charge < -0.3 is 69.8 Å². The number of carbonyl (C=O) groups is 7. The molecule has 11 rings (SSSR count). The first-order valence-electron chi connectivity index (χ1n) is 33.0. The van der Waals surface area contributed by atoms with Crippen LogP contribution in [0.1, 0.15) is 114 Å². The molecule has 27 nitrogen and oxygen atoms in total. The number of thiazole rings is 1. The van der Waals surface area contributed by atoms with Gasteiger partial charge in [0.1, 0.15) is 43.0 Å². The Morgan fingerprint density at radius 3 is 2.35 bits per heavy atom. The molecule has 3 aliphatic heterocycles. The molecule has 3 fully saturated rings. The van der Waals surface area contributed by atoms with Crippen molar-refractivity contribution in [2.75, 3.05) is 69.4 Å². The molecule has 9 N–H and O–H groups in total. The number of hydrogen-bond acceptors (Lipinski definition) is 21. The highest BCUT2D eigenvalue weighted by Gasteiger charge is 2.53. The summed E-state index contributed by atoms with van der Waals surface area (Å²) in [5.41, 5.74) is 5.38. The van der Waals surface area contributed by atoms with Crippen molar-refractivity contribution in [2.45, 2.75) is 135 Å². The number of para-hydroxylation sites is 1. The number of aliphatic hydroxyl groups is 5. The number of ether oxygens (including phenoxy) is 4. The van der Waals surface area contributed by atoms with Crippen LogP contribution in [0.3, 0.4) is 0 Å². The number of pyridine rings is 1. The molecular formula is C70H83N9O18S. The lowest BCUT2D eigenvalue weighted by Crippen LogP contribution is -2.61. The maximum Gasteiger partial charge on any atom is 0.410 e. The standard InChI is InChI=1S/C70H83N9O18S/c1-41-48(46-16-17-53(74-57(46)63(89)90)76-25-20-44-10-6-11-47(49(44)32-76)62(88)75-66-73-50-12-4-5-13-52(50)98-66)30-72-79(41)40-70(38-68(2)21-8-22-69(3,37-68)39-70)23-27-94-28-26-77(31-43(34-80)35-81)67(93)95-36-45-15-14-42(9-7-24-71-54(82)33-78-55(83)18-19-56(78)84)29-51(45)96-65-60(87)58(85)59(86)61(97-65)64(91)92/h4-6,10-19,29-30,43,58-61,65,80-81,85-87H,7-9,20-28,31-40H2,1-3H3,(H,71,82)(H,89,90)(H,91,92)(H,73,75,88)/t58-,59-,60+,61-,65+,68?,69?,70?/m0/s1. The number of amides is 5. The molecule has 0 radical (unpaired) electrons. The summed E-state index contributed by atoms with van der Waals surface area (Å²) in [7, 11) is 0. The predicted octanol–water partition coefficient (Wildman–Crippen LogP) is 5.63. The zero-order chi connectivity index (χ0) is 69.6. The summed E-state index contributed by atoms with van der Waals surface area (Å²) in [6.07, 6.45) is 1.19. The summed E-state index contributed by atoms with van der Waals surface area (Å²) in [6, 6.07) is 21.7.